The number of aromatic amines is 1. The van der Waals surface area contributed by atoms with Gasteiger partial charge in [0.2, 0.25) is 0 Å². The van der Waals surface area contributed by atoms with E-state index in [-0.39, 0.29) is 29.4 Å². The molecule has 0 saturated heterocycles. The number of carbonyl (C=O) groups excluding carboxylic acids is 1. The van der Waals surface area contributed by atoms with E-state index in [1.165, 1.54) is 0 Å². The first-order valence-electron chi connectivity index (χ1n) is 6.82. The number of amides is 2. The molecule has 1 aromatic rings. The zero-order valence-electron chi connectivity index (χ0n) is 12.1. The Morgan fingerprint density at radius 3 is 2.67 bits per heavy atom. The zero-order chi connectivity index (χ0) is 15.8. The maximum atomic E-state index is 11.6. The molecule has 8 heteroatoms. The van der Waals surface area contributed by atoms with Crippen molar-refractivity contribution in [3.8, 4) is 0 Å². The fraction of sp³-hybridized carbons (Fsp3) is 0.615. The van der Waals surface area contributed by atoms with Crippen molar-refractivity contribution >= 4 is 23.3 Å². The molecular weight excluding hydrogens is 294 g/mol. The van der Waals surface area contributed by atoms with E-state index in [0.29, 0.717) is 12.1 Å². The van der Waals surface area contributed by atoms with Crippen molar-refractivity contribution in [2.24, 2.45) is 5.92 Å². The minimum Gasteiger partial charge on any atom is -0.481 e. The lowest BCUT2D eigenvalue weighted by Crippen LogP contribution is -2.40. The number of thiazole rings is 1. The Morgan fingerprint density at radius 2 is 2.10 bits per heavy atom. The summed E-state index contributed by atoms with van der Waals surface area (Å²) >= 11 is 1.06. The number of urea groups is 1. The van der Waals surface area contributed by atoms with Gasteiger partial charge in [0, 0.05) is 17.1 Å². The third kappa shape index (κ3) is 6.94. The average Bonchev–Trinajstić information content (AvgIpc) is 2.82. The van der Waals surface area contributed by atoms with Crippen LogP contribution >= 0.6 is 11.3 Å². The number of carbonyl (C=O) groups is 2. The summed E-state index contributed by atoms with van der Waals surface area (Å²) in [7, 11) is 0. The number of nitrogens with one attached hydrogen (secondary N) is 3. The molecule has 0 aliphatic heterocycles. The lowest BCUT2D eigenvalue weighted by molar-refractivity contribution is -0.141. The van der Waals surface area contributed by atoms with E-state index < -0.39 is 5.97 Å². The number of rotatable bonds is 8. The first-order valence-corrected chi connectivity index (χ1v) is 7.70. The van der Waals surface area contributed by atoms with Gasteiger partial charge >= 0.3 is 16.9 Å². The van der Waals surface area contributed by atoms with Crippen LogP contribution in [0.5, 0.6) is 0 Å². The highest BCUT2D eigenvalue weighted by molar-refractivity contribution is 7.07. The van der Waals surface area contributed by atoms with E-state index in [1.807, 2.05) is 6.92 Å². The van der Waals surface area contributed by atoms with Gasteiger partial charge < -0.3 is 20.7 Å². The van der Waals surface area contributed by atoms with Crippen LogP contribution in [0.4, 0.5) is 4.79 Å². The molecule has 0 aromatic carbocycles. The number of hydrogen-bond acceptors (Lipinski definition) is 4. The van der Waals surface area contributed by atoms with Crippen LogP contribution in [0.2, 0.25) is 0 Å². The van der Waals surface area contributed by atoms with Crippen LogP contribution in [-0.2, 0) is 11.3 Å². The summed E-state index contributed by atoms with van der Waals surface area (Å²) in [5, 5.41) is 15.9. The largest absolute Gasteiger partial charge is 0.481 e. The molecule has 118 valence electrons. The number of carboxylic acids is 1. The summed E-state index contributed by atoms with van der Waals surface area (Å²) in [6.45, 7) is 3.82. The molecule has 0 fully saturated rings. The highest BCUT2D eigenvalue weighted by Crippen LogP contribution is 2.09. The van der Waals surface area contributed by atoms with Gasteiger partial charge in [0.05, 0.1) is 12.5 Å². The van der Waals surface area contributed by atoms with Gasteiger partial charge in [-0.05, 0) is 19.8 Å². The summed E-state index contributed by atoms with van der Waals surface area (Å²) in [5.41, 5.74) is 0.670. The minimum atomic E-state index is -0.793. The van der Waals surface area contributed by atoms with Gasteiger partial charge in [-0.25, -0.2) is 4.79 Å². The van der Waals surface area contributed by atoms with Crippen molar-refractivity contribution in [1.82, 2.24) is 15.6 Å². The number of aromatic nitrogens is 1. The van der Waals surface area contributed by atoms with E-state index in [1.54, 1.807) is 12.3 Å². The molecule has 0 spiro atoms. The van der Waals surface area contributed by atoms with Crippen molar-refractivity contribution in [2.75, 3.05) is 0 Å². The molecule has 2 unspecified atom stereocenters. The van der Waals surface area contributed by atoms with Crippen molar-refractivity contribution in [3.63, 3.8) is 0 Å². The maximum absolute atomic E-state index is 11.6. The van der Waals surface area contributed by atoms with Crippen LogP contribution in [0.3, 0.4) is 0 Å². The number of carboxylic acid groups (broad SMARTS) is 1. The van der Waals surface area contributed by atoms with E-state index >= 15 is 0 Å². The second-order valence-electron chi connectivity index (χ2n) is 5.07. The highest BCUT2D eigenvalue weighted by atomic mass is 32.1. The molecule has 0 radical (unpaired) electrons. The average molecular weight is 315 g/mol. The number of H-pyrrole nitrogens is 1. The molecule has 1 heterocycles. The van der Waals surface area contributed by atoms with Crippen molar-refractivity contribution < 1.29 is 14.7 Å². The third-order valence-electron chi connectivity index (χ3n) is 3.08. The normalized spacial score (nSPS) is 13.4. The summed E-state index contributed by atoms with van der Waals surface area (Å²) in [5.74, 6) is -1.15. The standard InChI is InChI=1S/C13H21N3O4S/c1-8(11(17)18)4-3-5-9(2)15-12(19)14-6-10-7-21-13(20)16-10/h7-9H,3-6H2,1-2H3,(H,16,20)(H,17,18)(H2,14,15,19). The summed E-state index contributed by atoms with van der Waals surface area (Å²) in [6.07, 6.45) is 2.06. The van der Waals surface area contributed by atoms with E-state index in [9.17, 15) is 14.4 Å². The van der Waals surface area contributed by atoms with Gasteiger partial charge in [-0.15, -0.1) is 0 Å². The van der Waals surface area contributed by atoms with Crippen molar-refractivity contribution in [3.05, 3.63) is 20.7 Å². The third-order valence-corrected chi connectivity index (χ3v) is 3.80. The quantitative estimate of drug-likeness (QED) is 0.582. The fourth-order valence-corrected chi connectivity index (χ4v) is 2.36. The van der Waals surface area contributed by atoms with Crippen molar-refractivity contribution in [2.45, 2.75) is 45.7 Å². The molecule has 2 atom stereocenters. The van der Waals surface area contributed by atoms with Crippen LogP contribution < -0.4 is 15.5 Å². The number of aliphatic carboxylic acids is 1. The molecule has 4 N–H and O–H groups in total. The Bertz CT molecular complexity index is 525. The smallest absolute Gasteiger partial charge is 0.315 e. The van der Waals surface area contributed by atoms with Gasteiger partial charge in [-0.3, -0.25) is 9.59 Å². The first-order chi connectivity index (χ1) is 9.88. The molecule has 0 bridgehead atoms. The predicted molar refractivity (Wildman–Crippen MR) is 80.4 cm³/mol. The van der Waals surface area contributed by atoms with Crippen molar-refractivity contribution in [1.29, 1.82) is 0 Å². The van der Waals surface area contributed by atoms with Gasteiger partial charge in [0.25, 0.3) is 0 Å². The van der Waals surface area contributed by atoms with Gasteiger partial charge in [-0.2, -0.15) is 0 Å². The molecule has 7 nitrogen and oxygen atoms in total. The van der Waals surface area contributed by atoms with Gasteiger partial charge in [0.15, 0.2) is 0 Å². The van der Waals surface area contributed by atoms with Gasteiger partial charge in [-0.1, -0.05) is 24.7 Å². The molecule has 0 aliphatic rings. The first kappa shape index (κ1) is 17.2. The lowest BCUT2D eigenvalue weighted by atomic mass is 10.0. The molecule has 1 rings (SSSR count). The Labute approximate surface area is 126 Å². The summed E-state index contributed by atoms with van der Waals surface area (Å²) < 4.78 is 0. The predicted octanol–water partition coefficient (Wildman–Crippen LogP) is 1.52. The Morgan fingerprint density at radius 1 is 1.38 bits per heavy atom. The lowest BCUT2D eigenvalue weighted by Gasteiger charge is -2.15. The SMILES string of the molecule is CC(CCCC(C)C(=O)O)NC(=O)NCc1csc(=O)[nH]1. The second kappa shape index (κ2) is 8.46. The Kier molecular flexibility index (Phi) is 6.93. The van der Waals surface area contributed by atoms with E-state index in [2.05, 4.69) is 15.6 Å². The molecule has 0 aliphatic carbocycles. The molecule has 2 amide bonds. The van der Waals surface area contributed by atoms with Crippen LogP contribution in [-0.4, -0.2) is 28.1 Å². The molecule has 21 heavy (non-hydrogen) atoms. The maximum Gasteiger partial charge on any atom is 0.315 e. The highest BCUT2D eigenvalue weighted by Gasteiger charge is 2.12. The van der Waals surface area contributed by atoms with Crippen LogP contribution in [0.25, 0.3) is 0 Å². The molecule has 1 aromatic heterocycles. The van der Waals surface area contributed by atoms with Gasteiger partial charge in [0.1, 0.15) is 0 Å². The van der Waals surface area contributed by atoms with E-state index in [4.69, 9.17) is 5.11 Å². The fourth-order valence-electron chi connectivity index (χ4n) is 1.78. The Balaban J connectivity index is 2.18. The zero-order valence-corrected chi connectivity index (χ0v) is 13.0. The molecule has 0 saturated carbocycles. The summed E-state index contributed by atoms with van der Waals surface area (Å²) in [4.78, 5) is 35.7. The Hall–Kier alpha value is -1.83. The minimum absolute atomic E-state index is 0.0347. The monoisotopic (exact) mass is 315 g/mol. The van der Waals surface area contributed by atoms with Crippen LogP contribution in [0.15, 0.2) is 10.2 Å². The molecular formula is C13H21N3O4S. The summed E-state index contributed by atoms with van der Waals surface area (Å²) in [6, 6.07) is -0.339. The van der Waals surface area contributed by atoms with Crippen LogP contribution in [0, 0.1) is 5.92 Å². The van der Waals surface area contributed by atoms with E-state index in [0.717, 1.165) is 24.2 Å². The topological polar surface area (TPSA) is 111 Å². The van der Waals surface area contributed by atoms with Crippen LogP contribution in [0.1, 0.15) is 38.8 Å². The number of hydrogen-bond donors (Lipinski definition) is 4. The second-order valence-corrected chi connectivity index (χ2v) is 5.91.